The van der Waals surface area contributed by atoms with E-state index in [0.717, 1.165) is 32.2 Å². The van der Waals surface area contributed by atoms with Crippen LogP contribution < -0.4 is 5.32 Å². The molecule has 2 saturated carbocycles. The zero-order valence-electron chi connectivity index (χ0n) is 15.9. The van der Waals surface area contributed by atoms with Gasteiger partial charge in [0.25, 0.3) is 5.89 Å². The van der Waals surface area contributed by atoms with Gasteiger partial charge in [0.15, 0.2) is 5.82 Å². The lowest BCUT2D eigenvalue weighted by Crippen LogP contribution is -2.45. The summed E-state index contributed by atoms with van der Waals surface area (Å²) in [4.78, 5) is 4.57. The van der Waals surface area contributed by atoms with E-state index < -0.39 is 5.82 Å². The predicted molar refractivity (Wildman–Crippen MR) is 106 cm³/mol. The predicted octanol–water partition coefficient (Wildman–Crippen LogP) is 4.31. The smallest absolute Gasteiger partial charge is 0.258 e. The third kappa shape index (κ3) is 3.43. The van der Waals surface area contributed by atoms with E-state index >= 15 is 0 Å². The summed E-state index contributed by atoms with van der Waals surface area (Å²) in [6.45, 7) is 0.812. The largest absolute Gasteiger partial charge is 0.334 e. The number of nitrogens with zero attached hydrogens (tertiary/aromatic N) is 3. The second-order valence-electron chi connectivity index (χ2n) is 8.14. The van der Waals surface area contributed by atoms with Gasteiger partial charge in [0, 0.05) is 29.5 Å². The summed E-state index contributed by atoms with van der Waals surface area (Å²) in [7, 11) is 0. The van der Waals surface area contributed by atoms with Crippen molar-refractivity contribution in [2.24, 2.45) is 0 Å². The first-order valence-electron chi connectivity index (χ1n) is 10.0. The second kappa shape index (κ2) is 7.09. The molecular weight excluding hydrogens is 367 g/mol. The number of nitriles is 1. The Morgan fingerprint density at radius 2 is 2.03 bits per heavy atom. The van der Waals surface area contributed by atoms with Crippen molar-refractivity contribution in [3.8, 4) is 17.5 Å². The minimum Gasteiger partial charge on any atom is -0.334 e. The highest BCUT2D eigenvalue weighted by molar-refractivity contribution is 5.56. The van der Waals surface area contributed by atoms with Crippen LogP contribution in [0.25, 0.3) is 11.5 Å². The highest BCUT2D eigenvalue weighted by Gasteiger charge is 2.46. The standard InChI is InChI=1S/C23H21FN4O/c24-18-10-15(13-25)9-17(11-18)21-27-22(28-29-21)23(7-4-8-23)14-26-20-12-19(20)16-5-2-1-3-6-16/h1-3,5-6,9-11,19-20,26H,4,7-8,12,14H2. The first kappa shape index (κ1) is 18.0. The SMILES string of the molecule is N#Cc1cc(F)cc(-c2nc(C3(CNC4CC4c4ccccc4)CCC3)no2)c1. The Labute approximate surface area is 168 Å². The number of rotatable bonds is 6. The summed E-state index contributed by atoms with van der Waals surface area (Å²) in [5, 5.41) is 17.0. The molecule has 2 aliphatic carbocycles. The summed E-state index contributed by atoms with van der Waals surface area (Å²) >= 11 is 0. The Morgan fingerprint density at radius 1 is 1.21 bits per heavy atom. The Morgan fingerprint density at radius 3 is 2.76 bits per heavy atom. The molecule has 1 heterocycles. The summed E-state index contributed by atoms with van der Waals surface area (Å²) in [6, 6.07) is 17.1. The van der Waals surface area contributed by atoms with Crippen LogP contribution in [0.4, 0.5) is 4.39 Å². The van der Waals surface area contributed by atoms with E-state index in [2.05, 4.69) is 39.7 Å². The van der Waals surface area contributed by atoms with Gasteiger partial charge in [0.05, 0.1) is 11.6 Å². The second-order valence-corrected chi connectivity index (χ2v) is 8.14. The molecule has 0 saturated heterocycles. The van der Waals surface area contributed by atoms with Crippen LogP contribution >= 0.6 is 0 Å². The van der Waals surface area contributed by atoms with Gasteiger partial charge >= 0.3 is 0 Å². The molecule has 2 aromatic carbocycles. The molecule has 5 nitrogen and oxygen atoms in total. The van der Waals surface area contributed by atoms with Crippen molar-refractivity contribution in [3.05, 3.63) is 71.3 Å². The Kier molecular flexibility index (Phi) is 4.40. The van der Waals surface area contributed by atoms with Crippen LogP contribution in [0, 0.1) is 17.1 Å². The molecular formula is C23H21FN4O. The van der Waals surface area contributed by atoms with Gasteiger partial charge in [-0.05, 0) is 43.0 Å². The molecule has 146 valence electrons. The zero-order valence-corrected chi connectivity index (χ0v) is 15.9. The van der Waals surface area contributed by atoms with Crippen molar-refractivity contribution in [2.45, 2.75) is 43.1 Å². The van der Waals surface area contributed by atoms with Crippen molar-refractivity contribution < 1.29 is 8.91 Å². The van der Waals surface area contributed by atoms with Crippen LogP contribution in [0.2, 0.25) is 0 Å². The van der Waals surface area contributed by atoms with E-state index in [0.29, 0.717) is 23.3 Å². The molecule has 2 aliphatic rings. The molecule has 0 spiro atoms. The van der Waals surface area contributed by atoms with E-state index in [1.807, 2.05) is 12.1 Å². The molecule has 0 bridgehead atoms. The van der Waals surface area contributed by atoms with E-state index in [9.17, 15) is 4.39 Å². The molecule has 0 radical (unpaired) electrons. The monoisotopic (exact) mass is 388 g/mol. The van der Waals surface area contributed by atoms with E-state index in [4.69, 9.17) is 9.78 Å². The van der Waals surface area contributed by atoms with E-state index in [1.54, 1.807) is 6.07 Å². The molecule has 2 fully saturated rings. The van der Waals surface area contributed by atoms with Crippen molar-refractivity contribution in [3.63, 3.8) is 0 Å². The van der Waals surface area contributed by atoms with Gasteiger partial charge in [0.2, 0.25) is 0 Å². The van der Waals surface area contributed by atoms with E-state index in [-0.39, 0.29) is 16.9 Å². The molecule has 29 heavy (non-hydrogen) atoms. The molecule has 1 N–H and O–H groups in total. The average molecular weight is 388 g/mol. The molecule has 2 atom stereocenters. The van der Waals surface area contributed by atoms with Gasteiger partial charge in [-0.2, -0.15) is 10.2 Å². The number of nitrogens with one attached hydrogen (secondary N) is 1. The molecule has 5 rings (SSSR count). The summed E-state index contributed by atoms with van der Waals surface area (Å²) in [5.74, 6) is 1.02. The number of hydrogen-bond donors (Lipinski definition) is 1. The average Bonchev–Trinajstić information content (AvgIpc) is 3.32. The molecule has 3 aromatic rings. The normalized spacial score (nSPS) is 21.9. The van der Waals surface area contributed by atoms with Crippen LogP contribution in [0.3, 0.4) is 0 Å². The Bertz CT molecular complexity index is 1070. The minimum atomic E-state index is -0.487. The quantitative estimate of drug-likeness (QED) is 0.681. The fraction of sp³-hybridized carbons (Fsp3) is 0.348. The molecule has 0 aliphatic heterocycles. The van der Waals surface area contributed by atoms with E-state index in [1.165, 1.54) is 17.7 Å². The lowest BCUT2D eigenvalue weighted by atomic mass is 9.68. The maximum absolute atomic E-state index is 13.8. The van der Waals surface area contributed by atoms with Gasteiger partial charge in [-0.3, -0.25) is 0 Å². The molecule has 1 aromatic heterocycles. The highest BCUT2D eigenvalue weighted by atomic mass is 19.1. The van der Waals surface area contributed by atoms with Crippen LogP contribution in [0.1, 0.15) is 48.6 Å². The summed E-state index contributed by atoms with van der Waals surface area (Å²) < 4.78 is 19.2. The lowest BCUT2D eigenvalue weighted by molar-refractivity contribution is 0.211. The maximum atomic E-state index is 13.8. The van der Waals surface area contributed by atoms with Crippen molar-refractivity contribution in [1.82, 2.24) is 15.5 Å². The number of benzene rings is 2. The van der Waals surface area contributed by atoms with Crippen molar-refractivity contribution in [1.29, 1.82) is 5.26 Å². The fourth-order valence-electron chi connectivity index (χ4n) is 4.23. The minimum absolute atomic E-state index is 0.128. The van der Waals surface area contributed by atoms with Crippen LogP contribution in [-0.4, -0.2) is 22.7 Å². The summed E-state index contributed by atoms with van der Waals surface area (Å²) in [5.41, 5.74) is 1.93. The van der Waals surface area contributed by atoms with Gasteiger partial charge in [-0.25, -0.2) is 4.39 Å². The van der Waals surface area contributed by atoms with Gasteiger partial charge in [-0.1, -0.05) is 41.9 Å². The third-order valence-corrected chi connectivity index (χ3v) is 6.21. The van der Waals surface area contributed by atoms with Crippen molar-refractivity contribution in [2.75, 3.05) is 6.54 Å². The highest BCUT2D eigenvalue weighted by Crippen LogP contribution is 2.45. The number of hydrogen-bond acceptors (Lipinski definition) is 5. The first-order valence-corrected chi connectivity index (χ1v) is 10.0. The topological polar surface area (TPSA) is 74.7 Å². The molecule has 2 unspecified atom stereocenters. The lowest BCUT2D eigenvalue weighted by Gasteiger charge is -2.39. The van der Waals surface area contributed by atoms with Crippen molar-refractivity contribution >= 4 is 0 Å². The Balaban J connectivity index is 1.30. The van der Waals surface area contributed by atoms with Crippen LogP contribution in [-0.2, 0) is 5.41 Å². The van der Waals surface area contributed by atoms with Gasteiger partial charge in [0.1, 0.15) is 5.82 Å². The maximum Gasteiger partial charge on any atom is 0.258 e. The van der Waals surface area contributed by atoms with Gasteiger partial charge in [-0.15, -0.1) is 0 Å². The Hall–Kier alpha value is -3.04. The fourth-order valence-corrected chi connectivity index (χ4v) is 4.23. The van der Waals surface area contributed by atoms with Crippen LogP contribution in [0.5, 0.6) is 0 Å². The van der Waals surface area contributed by atoms with Crippen LogP contribution in [0.15, 0.2) is 53.1 Å². The number of halogens is 1. The third-order valence-electron chi connectivity index (χ3n) is 6.21. The first-order chi connectivity index (χ1) is 14.2. The van der Waals surface area contributed by atoms with Gasteiger partial charge < -0.3 is 9.84 Å². The molecule has 0 amide bonds. The number of aromatic nitrogens is 2. The summed E-state index contributed by atoms with van der Waals surface area (Å²) in [6.07, 6.45) is 4.30. The zero-order chi connectivity index (χ0) is 19.8. The molecule has 6 heteroatoms.